The molecule has 0 bridgehead atoms. The van der Waals surface area contributed by atoms with Crippen LogP contribution in [-0.2, 0) is 26.6 Å². The molecule has 176 valence electrons. The number of para-hydroxylation sites is 1. The number of hydrogen-bond donors (Lipinski definition) is 1. The van der Waals surface area contributed by atoms with Crippen molar-refractivity contribution in [3.63, 3.8) is 0 Å². The molecule has 5 nitrogen and oxygen atoms in total. The highest BCUT2D eigenvalue weighted by molar-refractivity contribution is 8.67. The minimum atomic E-state index is -2.38. The number of fused-ring (bicyclic) bond motifs is 1. The Balaban J connectivity index is 1.83. The predicted octanol–water partition coefficient (Wildman–Crippen LogP) is 8.03. The van der Waals surface area contributed by atoms with Crippen LogP contribution < -0.4 is 0 Å². The molecular weight excluding hydrogens is 445 g/mol. The number of aromatic amines is 1. The highest BCUT2D eigenvalue weighted by atomic mass is 32.9. The second kappa shape index (κ2) is 15.4. The molecule has 1 unspecified atom stereocenters. The van der Waals surface area contributed by atoms with Crippen LogP contribution in [0.1, 0.15) is 90.5 Å². The number of hydrogen-bond acceptors (Lipinski definition) is 6. The van der Waals surface area contributed by atoms with E-state index in [4.69, 9.17) is 20.9 Å². The molecule has 0 radical (unpaired) electrons. The van der Waals surface area contributed by atoms with Gasteiger partial charge in [-0.05, 0) is 42.2 Å². The van der Waals surface area contributed by atoms with Gasteiger partial charge < -0.3 is 9.05 Å². The Hall–Kier alpha value is -0.460. The van der Waals surface area contributed by atoms with Crippen molar-refractivity contribution < 1.29 is 9.05 Å². The van der Waals surface area contributed by atoms with Crippen molar-refractivity contribution in [1.29, 1.82) is 0 Å². The Morgan fingerprint density at radius 3 is 2.35 bits per heavy atom. The molecule has 0 aliphatic heterocycles. The first-order valence-electron chi connectivity index (χ1n) is 11.9. The lowest BCUT2D eigenvalue weighted by atomic mass is 10.1. The largest absolute Gasteiger partial charge is 0.322 e. The van der Waals surface area contributed by atoms with E-state index in [-0.39, 0.29) is 0 Å². The molecule has 8 heteroatoms. The fourth-order valence-corrected chi connectivity index (χ4v) is 7.54. The third-order valence-corrected chi connectivity index (χ3v) is 10.5. The SMILES string of the molecule is CCCCCCCCOP(=S)(OCCCCCC(C)C)SCc1cccc2n[nH]nc12. The maximum Gasteiger partial charge on any atom is 0.247 e. The van der Waals surface area contributed by atoms with Gasteiger partial charge in [0, 0.05) is 5.75 Å². The molecule has 0 spiro atoms. The number of unbranched alkanes of at least 4 members (excludes halogenated alkanes) is 7. The third-order valence-electron chi connectivity index (χ3n) is 5.23. The summed E-state index contributed by atoms with van der Waals surface area (Å²) in [6.07, 6.45) is 12.2. The molecule has 0 saturated carbocycles. The zero-order valence-electron chi connectivity index (χ0n) is 19.5. The van der Waals surface area contributed by atoms with Crippen LogP contribution in [0.15, 0.2) is 18.2 Å². The molecule has 0 fully saturated rings. The monoisotopic (exact) mass is 485 g/mol. The summed E-state index contributed by atoms with van der Waals surface area (Å²) in [4.78, 5) is 0. The van der Waals surface area contributed by atoms with E-state index in [1.54, 1.807) is 11.4 Å². The molecule has 2 aromatic rings. The lowest BCUT2D eigenvalue weighted by molar-refractivity contribution is 0.249. The number of nitrogens with one attached hydrogen (secondary N) is 1. The summed E-state index contributed by atoms with van der Waals surface area (Å²) in [5, 5.41) is 11.2. The van der Waals surface area contributed by atoms with Crippen LogP contribution in [0.5, 0.6) is 0 Å². The van der Waals surface area contributed by atoms with Crippen LogP contribution in [0, 0.1) is 5.92 Å². The molecule has 2 rings (SSSR count). The molecule has 1 aromatic carbocycles. The maximum absolute atomic E-state index is 6.22. The lowest BCUT2D eigenvalue weighted by Crippen LogP contribution is -1.99. The topological polar surface area (TPSA) is 60.0 Å². The fourth-order valence-electron chi connectivity index (χ4n) is 3.37. The van der Waals surface area contributed by atoms with Crippen molar-refractivity contribution in [3.05, 3.63) is 23.8 Å². The van der Waals surface area contributed by atoms with Crippen molar-refractivity contribution in [3.8, 4) is 0 Å². The van der Waals surface area contributed by atoms with Crippen molar-refractivity contribution >= 4 is 39.9 Å². The molecule has 31 heavy (non-hydrogen) atoms. The Morgan fingerprint density at radius 1 is 0.968 bits per heavy atom. The second-order valence-electron chi connectivity index (χ2n) is 8.51. The van der Waals surface area contributed by atoms with E-state index in [0.717, 1.165) is 41.1 Å². The molecule has 0 amide bonds. The van der Waals surface area contributed by atoms with Gasteiger partial charge in [0.2, 0.25) is 5.69 Å². The number of nitrogens with zero attached hydrogens (tertiary/aromatic N) is 2. The van der Waals surface area contributed by atoms with E-state index in [0.29, 0.717) is 13.2 Å². The van der Waals surface area contributed by atoms with Crippen molar-refractivity contribution in [2.45, 2.75) is 90.7 Å². The first kappa shape index (κ1) is 26.8. The average Bonchev–Trinajstić information content (AvgIpc) is 3.23. The minimum Gasteiger partial charge on any atom is -0.322 e. The van der Waals surface area contributed by atoms with Gasteiger partial charge in [0.05, 0.1) is 13.2 Å². The first-order valence-corrected chi connectivity index (χ1v) is 16.1. The summed E-state index contributed by atoms with van der Waals surface area (Å²) in [5.41, 5.74) is 0.522. The van der Waals surface area contributed by atoms with Gasteiger partial charge in [-0.2, -0.15) is 15.4 Å². The van der Waals surface area contributed by atoms with E-state index >= 15 is 0 Å². The molecule has 0 aliphatic rings. The Labute approximate surface area is 197 Å². The van der Waals surface area contributed by atoms with Gasteiger partial charge in [0.1, 0.15) is 11.0 Å². The summed E-state index contributed by atoms with van der Waals surface area (Å²) in [6.45, 7) is 8.18. The highest BCUT2D eigenvalue weighted by Gasteiger charge is 2.21. The first-order chi connectivity index (χ1) is 15.0. The molecule has 1 atom stereocenters. The molecule has 0 aliphatic carbocycles. The molecule has 1 aromatic heterocycles. The van der Waals surface area contributed by atoms with E-state index in [1.807, 2.05) is 12.1 Å². The van der Waals surface area contributed by atoms with E-state index in [9.17, 15) is 0 Å². The third kappa shape index (κ3) is 10.8. The van der Waals surface area contributed by atoms with E-state index in [1.165, 1.54) is 51.4 Å². The minimum absolute atomic E-state index is 0.688. The number of H-pyrrole nitrogens is 1. The zero-order valence-corrected chi connectivity index (χ0v) is 22.0. The van der Waals surface area contributed by atoms with Gasteiger partial charge in [0.25, 0.3) is 0 Å². The number of aromatic nitrogens is 3. The van der Waals surface area contributed by atoms with E-state index in [2.05, 4.69) is 42.2 Å². The Morgan fingerprint density at radius 2 is 1.65 bits per heavy atom. The summed E-state index contributed by atoms with van der Waals surface area (Å²) in [5.74, 6) is 1.49. The average molecular weight is 486 g/mol. The Bertz CT molecular complexity index is 785. The summed E-state index contributed by atoms with van der Waals surface area (Å²) in [6, 6.07) is 6.06. The molecule has 0 saturated heterocycles. The normalized spacial score (nSPS) is 13.8. The predicted molar refractivity (Wildman–Crippen MR) is 138 cm³/mol. The van der Waals surface area contributed by atoms with Gasteiger partial charge >= 0.3 is 0 Å². The smallest absolute Gasteiger partial charge is 0.247 e. The van der Waals surface area contributed by atoms with Gasteiger partial charge in [-0.3, -0.25) is 0 Å². The Kier molecular flexibility index (Phi) is 13.3. The summed E-state index contributed by atoms with van der Waals surface area (Å²) < 4.78 is 12.4. The van der Waals surface area contributed by atoms with Crippen LogP contribution in [0.4, 0.5) is 0 Å². The van der Waals surface area contributed by atoms with Crippen LogP contribution in [-0.4, -0.2) is 28.6 Å². The van der Waals surface area contributed by atoms with Crippen molar-refractivity contribution in [2.24, 2.45) is 5.92 Å². The number of benzene rings is 1. The summed E-state index contributed by atoms with van der Waals surface area (Å²) >= 11 is 7.56. The van der Waals surface area contributed by atoms with E-state index < -0.39 is 5.69 Å². The van der Waals surface area contributed by atoms with Gasteiger partial charge in [-0.25, -0.2) is 0 Å². The number of rotatable bonds is 18. The summed E-state index contributed by atoms with van der Waals surface area (Å²) in [7, 11) is 0. The molecule has 1 heterocycles. The van der Waals surface area contributed by atoms with Gasteiger partial charge in [0.15, 0.2) is 0 Å². The maximum atomic E-state index is 6.22. The standard InChI is InChI=1S/C23H40N3O2PS2/c1-4-5-6-7-8-11-17-27-29(30,28-18-12-9-10-14-20(2)3)31-19-21-15-13-16-22-23(21)25-26-24-22/h13,15-16,20H,4-12,14,17-19H2,1-3H3,(H,24,25,26). The molecule has 1 N–H and O–H groups in total. The second-order valence-corrected chi connectivity index (χ2v) is 14.8. The zero-order chi connectivity index (χ0) is 22.4. The molecular formula is C23H40N3O2PS2. The quantitative estimate of drug-likeness (QED) is 0.170. The fraction of sp³-hybridized carbons (Fsp3) is 0.739. The van der Waals surface area contributed by atoms with Crippen molar-refractivity contribution in [1.82, 2.24) is 15.4 Å². The van der Waals surface area contributed by atoms with Crippen LogP contribution in [0.2, 0.25) is 0 Å². The van der Waals surface area contributed by atoms with Crippen molar-refractivity contribution in [2.75, 3.05) is 13.2 Å². The van der Waals surface area contributed by atoms with Crippen LogP contribution in [0.25, 0.3) is 11.0 Å². The van der Waals surface area contributed by atoms with Crippen LogP contribution in [0.3, 0.4) is 0 Å². The lowest BCUT2D eigenvalue weighted by Gasteiger charge is -2.22. The van der Waals surface area contributed by atoms with Gasteiger partial charge in [-0.15, -0.1) is 0 Å². The highest BCUT2D eigenvalue weighted by Crippen LogP contribution is 2.62. The van der Waals surface area contributed by atoms with Crippen LogP contribution >= 0.6 is 17.1 Å². The van der Waals surface area contributed by atoms with Gasteiger partial charge in [-0.1, -0.05) is 95.7 Å².